The van der Waals surface area contributed by atoms with Crippen LogP contribution in [0.15, 0.2) is 22.8 Å². The highest BCUT2D eigenvalue weighted by molar-refractivity contribution is 5.73. The molecular weight excluding hydrogens is 480 g/mol. The van der Waals surface area contributed by atoms with Crippen LogP contribution in [0.4, 0.5) is 26.3 Å². The van der Waals surface area contributed by atoms with Crippen molar-refractivity contribution in [3.8, 4) is 0 Å². The van der Waals surface area contributed by atoms with Crippen LogP contribution in [0.2, 0.25) is 0 Å². The van der Waals surface area contributed by atoms with E-state index in [0.29, 0.717) is 12.1 Å². The van der Waals surface area contributed by atoms with Gasteiger partial charge in [-0.3, -0.25) is 9.80 Å². The van der Waals surface area contributed by atoms with Gasteiger partial charge in [-0.05, 0) is 26.2 Å². The Kier molecular flexibility index (Phi) is 11.3. The predicted octanol–water partition coefficient (Wildman–Crippen LogP) is 1.99. The number of aliphatic carboxylic acids is 2. The zero-order valence-electron chi connectivity index (χ0n) is 18.5. The molecule has 0 spiro atoms. The molecule has 0 saturated carbocycles. The van der Waals surface area contributed by atoms with Crippen LogP contribution in [0, 0.1) is 0 Å². The summed E-state index contributed by atoms with van der Waals surface area (Å²) in [6.45, 7) is 7.16. The number of hydrogen-bond acceptors (Lipinski definition) is 7. The average molecular weight is 507 g/mol. The molecule has 0 amide bonds. The lowest BCUT2D eigenvalue weighted by atomic mass is 10.1. The van der Waals surface area contributed by atoms with Crippen molar-refractivity contribution in [1.82, 2.24) is 14.7 Å². The summed E-state index contributed by atoms with van der Waals surface area (Å²) >= 11 is 0. The Hall–Kier alpha value is -2.36. The smallest absolute Gasteiger partial charge is 0.475 e. The third kappa shape index (κ3) is 10.7. The topological polar surface area (TPSA) is 107 Å². The lowest BCUT2D eigenvalue weighted by Gasteiger charge is -2.37. The van der Waals surface area contributed by atoms with Crippen molar-refractivity contribution in [2.75, 3.05) is 53.4 Å². The molecule has 3 heterocycles. The Morgan fingerprint density at radius 1 is 1.09 bits per heavy atom. The van der Waals surface area contributed by atoms with Gasteiger partial charge in [0.25, 0.3) is 0 Å². The number of furan rings is 1. The maximum atomic E-state index is 10.6. The number of carboxylic acids is 2. The zero-order chi connectivity index (χ0) is 26.1. The van der Waals surface area contributed by atoms with Crippen molar-refractivity contribution in [3.05, 3.63) is 24.2 Å². The molecule has 3 rings (SSSR count). The van der Waals surface area contributed by atoms with Gasteiger partial charge in [-0.2, -0.15) is 26.3 Å². The Balaban J connectivity index is 0.000000343. The number of halogens is 6. The molecule has 0 unspecified atom stereocenters. The van der Waals surface area contributed by atoms with E-state index in [-0.39, 0.29) is 0 Å². The molecule has 2 aliphatic heterocycles. The summed E-state index contributed by atoms with van der Waals surface area (Å²) in [7, 11) is 4.27. The van der Waals surface area contributed by atoms with E-state index in [1.807, 2.05) is 12.1 Å². The van der Waals surface area contributed by atoms with Crippen molar-refractivity contribution in [1.29, 1.82) is 0 Å². The van der Waals surface area contributed by atoms with E-state index in [1.54, 1.807) is 6.26 Å². The first kappa shape index (κ1) is 29.7. The number of ether oxygens (including phenoxy) is 1. The van der Waals surface area contributed by atoms with Crippen molar-refractivity contribution in [3.63, 3.8) is 0 Å². The highest BCUT2D eigenvalue weighted by atomic mass is 19.4. The Labute approximate surface area is 191 Å². The molecule has 2 N–H and O–H groups in total. The zero-order valence-corrected chi connectivity index (χ0v) is 18.5. The molecule has 2 saturated heterocycles. The first-order chi connectivity index (χ1) is 15.6. The Morgan fingerprint density at radius 2 is 1.65 bits per heavy atom. The van der Waals surface area contributed by atoms with E-state index in [2.05, 4.69) is 28.8 Å². The van der Waals surface area contributed by atoms with E-state index in [1.165, 1.54) is 0 Å². The maximum absolute atomic E-state index is 10.6. The van der Waals surface area contributed by atoms with Crippen molar-refractivity contribution < 1.29 is 55.3 Å². The van der Waals surface area contributed by atoms with Crippen LogP contribution in [0.1, 0.15) is 5.76 Å². The van der Waals surface area contributed by atoms with Gasteiger partial charge in [-0.1, -0.05) is 0 Å². The quantitative estimate of drug-likeness (QED) is 0.579. The second-order valence-corrected chi connectivity index (χ2v) is 7.70. The predicted molar refractivity (Wildman–Crippen MR) is 105 cm³/mol. The first-order valence-corrected chi connectivity index (χ1v) is 9.96. The molecule has 2 fully saturated rings. The number of morpholine rings is 1. The summed E-state index contributed by atoms with van der Waals surface area (Å²) in [6.07, 6.45) is -8.06. The number of alkyl halides is 6. The summed E-state index contributed by atoms with van der Waals surface area (Å²) < 4.78 is 74.9. The number of fused-ring (bicyclic) bond motifs is 1. The normalized spacial score (nSPS) is 21.2. The Bertz CT molecular complexity index is 733. The monoisotopic (exact) mass is 507 g/mol. The molecule has 34 heavy (non-hydrogen) atoms. The summed E-state index contributed by atoms with van der Waals surface area (Å²) in [4.78, 5) is 25.1. The van der Waals surface area contributed by atoms with Gasteiger partial charge in [0, 0.05) is 38.8 Å². The number of rotatable bonds is 5. The summed E-state index contributed by atoms with van der Waals surface area (Å²) in [5.74, 6) is -4.47. The van der Waals surface area contributed by atoms with Crippen molar-refractivity contribution in [2.45, 2.75) is 31.0 Å². The molecule has 1 aromatic rings. The average Bonchev–Trinajstić information content (AvgIpc) is 3.35. The van der Waals surface area contributed by atoms with Crippen LogP contribution >= 0.6 is 0 Å². The van der Waals surface area contributed by atoms with Crippen LogP contribution in [-0.2, 0) is 20.9 Å². The highest BCUT2D eigenvalue weighted by Crippen LogP contribution is 2.24. The van der Waals surface area contributed by atoms with E-state index in [9.17, 15) is 26.3 Å². The fraction of sp³-hybridized carbons (Fsp3) is 0.684. The fourth-order valence-corrected chi connectivity index (χ4v) is 3.19. The molecule has 1 aromatic heterocycles. The number of likely N-dealkylation sites (N-methyl/N-ethyl adjacent to an activating group) is 1. The number of likely N-dealkylation sites (tertiary alicyclic amines) is 1. The lowest BCUT2D eigenvalue weighted by Crippen LogP contribution is -2.52. The van der Waals surface area contributed by atoms with Gasteiger partial charge in [0.1, 0.15) is 5.76 Å². The van der Waals surface area contributed by atoms with Crippen molar-refractivity contribution >= 4 is 11.9 Å². The molecule has 0 aliphatic carbocycles. The summed E-state index contributed by atoms with van der Waals surface area (Å²) in [5.41, 5.74) is 0. The number of hydrogen-bond donors (Lipinski definition) is 2. The molecule has 15 heteroatoms. The third-order valence-electron chi connectivity index (χ3n) is 4.77. The van der Waals surface area contributed by atoms with Gasteiger partial charge >= 0.3 is 24.3 Å². The molecule has 0 aromatic carbocycles. The molecule has 2 aliphatic rings. The lowest BCUT2D eigenvalue weighted by molar-refractivity contribution is -0.193. The van der Waals surface area contributed by atoms with Crippen LogP contribution < -0.4 is 0 Å². The maximum Gasteiger partial charge on any atom is 0.490 e. The standard InChI is InChI=1S/C15H25N3O2.2C2HF3O2/c1-16(2)5-6-18-7-9-20-15-12-17(11-14(15)18)10-13-4-3-8-19-13;2*3-2(4,5)1(6)7/h3-4,8,14-15H,5-7,9-12H2,1-2H3;2*(H,6,7)/t14-,15+;;/m1../s1. The highest BCUT2D eigenvalue weighted by Gasteiger charge is 2.40. The van der Waals surface area contributed by atoms with Crippen molar-refractivity contribution in [2.24, 2.45) is 0 Å². The number of nitrogens with zero attached hydrogens (tertiary/aromatic N) is 3. The van der Waals surface area contributed by atoms with E-state index in [0.717, 1.165) is 51.6 Å². The molecule has 9 nitrogen and oxygen atoms in total. The number of carboxylic acid groups (broad SMARTS) is 2. The first-order valence-electron chi connectivity index (χ1n) is 9.96. The second kappa shape index (κ2) is 12.9. The van der Waals surface area contributed by atoms with Gasteiger partial charge in [-0.25, -0.2) is 9.59 Å². The molecular formula is C19H27F6N3O6. The largest absolute Gasteiger partial charge is 0.490 e. The van der Waals surface area contributed by atoms with Gasteiger partial charge in [0.05, 0.1) is 25.5 Å². The summed E-state index contributed by atoms with van der Waals surface area (Å²) in [5, 5.41) is 14.2. The van der Waals surface area contributed by atoms with E-state index in [4.69, 9.17) is 29.0 Å². The molecule has 2 atom stereocenters. The van der Waals surface area contributed by atoms with Crippen LogP contribution in [0.5, 0.6) is 0 Å². The van der Waals surface area contributed by atoms with Crippen LogP contribution in [0.25, 0.3) is 0 Å². The van der Waals surface area contributed by atoms with Crippen LogP contribution in [-0.4, -0.2) is 115 Å². The van der Waals surface area contributed by atoms with Gasteiger partial charge in [0.2, 0.25) is 0 Å². The fourth-order valence-electron chi connectivity index (χ4n) is 3.19. The summed E-state index contributed by atoms with van der Waals surface area (Å²) in [6, 6.07) is 4.55. The molecule has 196 valence electrons. The minimum atomic E-state index is -5.08. The third-order valence-corrected chi connectivity index (χ3v) is 4.77. The van der Waals surface area contributed by atoms with Gasteiger partial charge in [-0.15, -0.1) is 0 Å². The minimum Gasteiger partial charge on any atom is -0.475 e. The minimum absolute atomic E-state index is 0.362. The number of carbonyl (C=O) groups is 2. The molecule has 0 radical (unpaired) electrons. The van der Waals surface area contributed by atoms with E-state index >= 15 is 0 Å². The SMILES string of the molecule is CN(C)CCN1CCO[C@H]2CN(Cc3ccco3)C[C@H]21.O=C(O)C(F)(F)F.O=C(O)C(F)(F)F. The Morgan fingerprint density at radius 3 is 2.09 bits per heavy atom. The van der Waals surface area contributed by atoms with Crippen LogP contribution in [0.3, 0.4) is 0 Å². The second-order valence-electron chi connectivity index (χ2n) is 7.70. The van der Waals surface area contributed by atoms with E-state index < -0.39 is 24.3 Å². The van der Waals surface area contributed by atoms with Gasteiger partial charge in [0.15, 0.2) is 0 Å². The molecule has 0 bridgehead atoms. The van der Waals surface area contributed by atoms with Gasteiger partial charge < -0.3 is 24.3 Å².